The van der Waals surface area contributed by atoms with Crippen LogP contribution in [0, 0.1) is 0 Å². The minimum atomic E-state index is -0.0915. The maximum absolute atomic E-state index is 12.4. The average Bonchev–Trinajstić information content (AvgIpc) is 2.67. The second-order valence-electron chi connectivity index (χ2n) is 6.22. The van der Waals surface area contributed by atoms with Crippen LogP contribution in [0.5, 0.6) is 0 Å². The Hall–Kier alpha value is -2.43. The molecular formula is C19H24N4O. The Kier molecular flexibility index (Phi) is 5.41. The predicted molar refractivity (Wildman–Crippen MR) is 94.9 cm³/mol. The van der Waals surface area contributed by atoms with E-state index in [4.69, 9.17) is 0 Å². The normalized spacial score (nSPS) is 17.5. The van der Waals surface area contributed by atoms with Crippen molar-refractivity contribution >= 4 is 11.6 Å². The fourth-order valence-electron chi connectivity index (χ4n) is 3.26. The number of nitrogens with zero attached hydrogens (tertiary/aromatic N) is 3. The van der Waals surface area contributed by atoms with Crippen LogP contribution >= 0.6 is 0 Å². The molecular weight excluding hydrogens is 300 g/mol. The number of nitrogens with one attached hydrogen (secondary N) is 1. The van der Waals surface area contributed by atoms with Gasteiger partial charge in [-0.1, -0.05) is 6.92 Å². The molecule has 2 aromatic heterocycles. The third-order valence-corrected chi connectivity index (χ3v) is 4.62. The Morgan fingerprint density at radius 1 is 1.25 bits per heavy atom. The van der Waals surface area contributed by atoms with Gasteiger partial charge in [-0.25, -0.2) is 0 Å². The molecule has 1 atom stereocenters. The molecule has 0 bridgehead atoms. The SMILES string of the molecule is CCC1CCCCN1c1cncc(C(=O)NCc2ccncc2)c1. The Morgan fingerprint density at radius 3 is 2.88 bits per heavy atom. The molecule has 3 rings (SSSR count). The van der Waals surface area contributed by atoms with E-state index in [1.54, 1.807) is 18.6 Å². The van der Waals surface area contributed by atoms with Crippen LogP contribution in [0.25, 0.3) is 0 Å². The molecule has 1 aliphatic heterocycles. The number of aromatic nitrogens is 2. The smallest absolute Gasteiger partial charge is 0.253 e. The first-order valence-corrected chi connectivity index (χ1v) is 8.66. The summed E-state index contributed by atoms with van der Waals surface area (Å²) in [6, 6.07) is 6.31. The van der Waals surface area contributed by atoms with Crippen LogP contribution in [0.3, 0.4) is 0 Å². The zero-order valence-electron chi connectivity index (χ0n) is 14.1. The van der Waals surface area contributed by atoms with Gasteiger partial charge in [-0.2, -0.15) is 0 Å². The first kappa shape index (κ1) is 16.4. The van der Waals surface area contributed by atoms with Crippen molar-refractivity contribution in [3.63, 3.8) is 0 Å². The summed E-state index contributed by atoms with van der Waals surface area (Å²) >= 11 is 0. The molecule has 0 aliphatic carbocycles. The molecule has 0 radical (unpaired) electrons. The van der Waals surface area contributed by atoms with Gasteiger partial charge in [0.2, 0.25) is 0 Å². The highest BCUT2D eigenvalue weighted by atomic mass is 16.1. The Bertz CT molecular complexity index is 674. The van der Waals surface area contributed by atoms with Crippen molar-refractivity contribution in [2.75, 3.05) is 11.4 Å². The standard InChI is InChI=1S/C19H24N4O/c1-2-17-5-3-4-10-23(17)18-11-16(13-21-14-18)19(24)22-12-15-6-8-20-9-7-15/h6-9,11,13-14,17H,2-5,10,12H2,1H3,(H,22,24). The molecule has 126 valence electrons. The van der Waals surface area contributed by atoms with E-state index in [2.05, 4.69) is 27.1 Å². The fourth-order valence-corrected chi connectivity index (χ4v) is 3.26. The number of carbonyl (C=O) groups excluding carboxylic acids is 1. The fraction of sp³-hybridized carbons (Fsp3) is 0.421. The Labute approximate surface area is 143 Å². The van der Waals surface area contributed by atoms with Gasteiger partial charge in [0, 0.05) is 37.7 Å². The predicted octanol–water partition coefficient (Wildman–Crippen LogP) is 3.18. The van der Waals surface area contributed by atoms with E-state index in [9.17, 15) is 4.79 Å². The topological polar surface area (TPSA) is 58.1 Å². The van der Waals surface area contributed by atoms with E-state index in [-0.39, 0.29) is 5.91 Å². The van der Waals surface area contributed by atoms with Crippen molar-refractivity contribution < 1.29 is 4.79 Å². The van der Waals surface area contributed by atoms with Gasteiger partial charge >= 0.3 is 0 Å². The van der Waals surface area contributed by atoms with Crippen LogP contribution in [0.1, 0.15) is 48.5 Å². The van der Waals surface area contributed by atoms with E-state index in [0.29, 0.717) is 18.2 Å². The van der Waals surface area contributed by atoms with Crippen molar-refractivity contribution in [2.45, 2.75) is 45.2 Å². The third-order valence-electron chi connectivity index (χ3n) is 4.62. The summed E-state index contributed by atoms with van der Waals surface area (Å²) in [5.41, 5.74) is 2.70. The van der Waals surface area contributed by atoms with Gasteiger partial charge in [0.25, 0.3) is 5.91 Å². The lowest BCUT2D eigenvalue weighted by Crippen LogP contribution is -2.39. The number of hydrogen-bond acceptors (Lipinski definition) is 4. The van der Waals surface area contributed by atoms with Gasteiger partial charge in [-0.05, 0) is 49.4 Å². The molecule has 5 heteroatoms. The lowest BCUT2D eigenvalue weighted by atomic mass is 9.99. The summed E-state index contributed by atoms with van der Waals surface area (Å²) in [6.07, 6.45) is 11.8. The van der Waals surface area contributed by atoms with E-state index in [1.165, 1.54) is 19.3 Å². The van der Waals surface area contributed by atoms with Gasteiger partial charge < -0.3 is 10.2 Å². The van der Waals surface area contributed by atoms with Crippen LogP contribution in [0.4, 0.5) is 5.69 Å². The second kappa shape index (κ2) is 7.90. The summed E-state index contributed by atoms with van der Waals surface area (Å²) < 4.78 is 0. The largest absolute Gasteiger partial charge is 0.367 e. The van der Waals surface area contributed by atoms with Crippen molar-refractivity contribution in [3.05, 3.63) is 54.1 Å². The molecule has 1 saturated heterocycles. The molecule has 1 amide bonds. The Balaban J connectivity index is 1.69. The van der Waals surface area contributed by atoms with E-state index in [1.807, 2.05) is 24.4 Å². The van der Waals surface area contributed by atoms with Crippen molar-refractivity contribution in [1.82, 2.24) is 15.3 Å². The van der Waals surface area contributed by atoms with E-state index in [0.717, 1.165) is 24.2 Å². The summed E-state index contributed by atoms with van der Waals surface area (Å²) in [6.45, 7) is 3.76. The van der Waals surface area contributed by atoms with Gasteiger partial charge in [0.05, 0.1) is 17.4 Å². The monoisotopic (exact) mass is 324 g/mol. The van der Waals surface area contributed by atoms with Crippen molar-refractivity contribution in [1.29, 1.82) is 0 Å². The molecule has 1 aliphatic rings. The third kappa shape index (κ3) is 3.91. The van der Waals surface area contributed by atoms with Gasteiger partial charge in [0.1, 0.15) is 0 Å². The van der Waals surface area contributed by atoms with E-state index < -0.39 is 0 Å². The van der Waals surface area contributed by atoms with E-state index >= 15 is 0 Å². The average molecular weight is 324 g/mol. The summed E-state index contributed by atoms with van der Waals surface area (Å²) in [7, 11) is 0. The molecule has 0 spiro atoms. The maximum atomic E-state index is 12.4. The quantitative estimate of drug-likeness (QED) is 0.918. The van der Waals surface area contributed by atoms with Crippen molar-refractivity contribution in [3.8, 4) is 0 Å². The molecule has 0 aromatic carbocycles. The zero-order chi connectivity index (χ0) is 16.8. The number of piperidine rings is 1. The molecule has 24 heavy (non-hydrogen) atoms. The molecule has 0 saturated carbocycles. The second-order valence-corrected chi connectivity index (χ2v) is 6.22. The van der Waals surface area contributed by atoms with Gasteiger partial charge in [0.15, 0.2) is 0 Å². The molecule has 1 fully saturated rings. The molecule has 3 heterocycles. The summed E-state index contributed by atoms with van der Waals surface area (Å²) in [5.74, 6) is -0.0915. The van der Waals surface area contributed by atoms with Crippen LogP contribution in [0.2, 0.25) is 0 Å². The number of rotatable bonds is 5. The number of carbonyl (C=O) groups is 1. The van der Waals surface area contributed by atoms with Gasteiger partial charge in [-0.15, -0.1) is 0 Å². The minimum Gasteiger partial charge on any atom is -0.367 e. The highest BCUT2D eigenvalue weighted by molar-refractivity contribution is 5.94. The number of hydrogen-bond donors (Lipinski definition) is 1. The van der Waals surface area contributed by atoms with Crippen LogP contribution in [0.15, 0.2) is 43.0 Å². The molecule has 1 unspecified atom stereocenters. The molecule has 2 aromatic rings. The zero-order valence-corrected chi connectivity index (χ0v) is 14.1. The van der Waals surface area contributed by atoms with Crippen LogP contribution in [-0.4, -0.2) is 28.5 Å². The Morgan fingerprint density at radius 2 is 2.08 bits per heavy atom. The highest BCUT2D eigenvalue weighted by Gasteiger charge is 2.22. The lowest BCUT2D eigenvalue weighted by molar-refractivity contribution is 0.0950. The molecule has 5 nitrogen and oxygen atoms in total. The molecule has 1 N–H and O–H groups in total. The highest BCUT2D eigenvalue weighted by Crippen LogP contribution is 2.26. The first-order chi connectivity index (χ1) is 11.8. The first-order valence-electron chi connectivity index (χ1n) is 8.66. The van der Waals surface area contributed by atoms with Crippen LogP contribution < -0.4 is 10.2 Å². The number of amides is 1. The van der Waals surface area contributed by atoms with Gasteiger partial charge in [-0.3, -0.25) is 14.8 Å². The number of pyridine rings is 2. The number of anilines is 1. The van der Waals surface area contributed by atoms with Crippen molar-refractivity contribution in [2.24, 2.45) is 0 Å². The minimum absolute atomic E-state index is 0.0915. The maximum Gasteiger partial charge on any atom is 0.253 e. The summed E-state index contributed by atoms with van der Waals surface area (Å²) in [5, 5.41) is 2.95. The lowest BCUT2D eigenvalue weighted by Gasteiger charge is -2.37. The van der Waals surface area contributed by atoms with Crippen LogP contribution in [-0.2, 0) is 6.54 Å². The summed E-state index contributed by atoms with van der Waals surface area (Å²) in [4.78, 5) is 23.1.